The number of hydrogen-bond acceptors (Lipinski definition) is 2. The van der Waals surface area contributed by atoms with E-state index in [-0.39, 0.29) is 10.0 Å². The van der Waals surface area contributed by atoms with Gasteiger partial charge in [-0.2, -0.15) is 39.5 Å². The summed E-state index contributed by atoms with van der Waals surface area (Å²) in [6.45, 7) is 0. The number of aromatic nitrogens is 1. The van der Waals surface area contributed by atoms with Crippen molar-refractivity contribution in [1.29, 1.82) is 0 Å². The van der Waals surface area contributed by atoms with Gasteiger partial charge < -0.3 is 0 Å². The number of hydrogen-bond donors (Lipinski definition) is 0. The molecule has 0 aliphatic heterocycles. The van der Waals surface area contributed by atoms with Gasteiger partial charge in [0.2, 0.25) is 0 Å². The number of rotatable bonds is 2. The number of halogens is 9. The molecule has 0 radical (unpaired) electrons. The number of nitrogens with zero attached hydrogens (tertiary/aromatic N) is 1. The second-order valence-electron chi connectivity index (χ2n) is 7.77. The van der Waals surface area contributed by atoms with Crippen molar-refractivity contribution in [2.75, 3.05) is 0 Å². The average molecular weight is 527 g/mol. The van der Waals surface area contributed by atoms with Crippen LogP contribution in [-0.4, -0.2) is 4.57 Å². The summed E-state index contributed by atoms with van der Waals surface area (Å²) in [7, 11) is 0. The lowest BCUT2D eigenvalue weighted by Gasteiger charge is -2.22. The van der Waals surface area contributed by atoms with Crippen molar-refractivity contribution in [3.63, 3.8) is 0 Å². The van der Waals surface area contributed by atoms with Crippen LogP contribution in [0.2, 0.25) is 0 Å². The minimum atomic E-state index is -5.14. The van der Waals surface area contributed by atoms with E-state index in [1.54, 1.807) is 0 Å². The van der Waals surface area contributed by atoms with Gasteiger partial charge in [0, 0.05) is 16.1 Å². The summed E-state index contributed by atoms with van der Waals surface area (Å²) < 4.78 is 124. The molecule has 1 aliphatic rings. The molecule has 0 fully saturated rings. The van der Waals surface area contributed by atoms with Crippen molar-refractivity contribution in [2.24, 2.45) is 0 Å². The minimum absolute atomic E-state index is 0.0490. The molecule has 0 unspecified atom stereocenters. The topological polar surface area (TPSA) is 4.93 Å². The van der Waals surface area contributed by atoms with Crippen LogP contribution in [0.1, 0.15) is 40.1 Å². The smallest absolute Gasteiger partial charge is 0.294 e. The third kappa shape index (κ3) is 4.61. The van der Waals surface area contributed by atoms with Crippen LogP contribution in [0.5, 0.6) is 0 Å². The average Bonchev–Trinajstić information content (AvgIpc) is 3.06. The molecule has 0 spiro atoms. The van der Waals surface area contributed by atoms with Gasteiger partial charge in [-0.15, -0.1) is 11.3 Å². The SMILES string of the molecule is FC(F)(F)c1cc(-c2cccc(C(F)(F)F)c2-n2c3c(sc2=S)CCCC3)cc(C(F)(F)F)c1. The quantitative estimate of drug-likeness (QED) is 0.238. The predicted octanol–water partition coefficient (Wildman–Crippen LogP) is 8.87. The van der Waals surface area contributed by atoms with Crippen LogP contribution < -0.4 is 0 Å². The first-order chi connectivity index (χ1) is 15.7. The van der Waals surface area contributed by atoms with Crippen molar-refractivity contribution in [2.45, 2.75) is 44.2 Å². The van der Waals surface area contributed by atoms with Crippen molar-refractivity contribution >= 4 is 23.6 Å². The summed E-state index contributed by atoms with van der Waals surface area (Å²) in [5.74, 6) is 0. The lowest BCUT2D eigenvalue weighted by molar-refractivity contribution is -0.143. The molecule has 34 heavy (non-hydrogen) atoms. The number of para-hydroxylation sites is 1. The third-order valence-corrected chi connectivity index (χ3v) is 6.99. The Kier molecular flexibility index (Phi) is 6.12. The molecule has 0 saturated heterocycles. The van der Waals surface area contributed by atoms with Gasteiger partial charge in [-0.25, -0.2) is 0 Å². The Morgan fingerprint density at radius 3 is 1.91 bits per heavy atom. The zero-order chi connectivity index (χ0) is 25.1. The molecule has 0 bridgehead atoms. The summed E-state index contributed by atoms with van der Waals surface area (Å²) in [5.41, 5.74) is -5.55. The maximum absolute atomic E-state index is 14.0. The normalized spacial score (nSPS) is 14.9. The van der Waals surface area contributed by atoms with Crippen molar-refractivity contribution in [3.8, 4) is 16.8 Å². The molecule has 4 rings (SSSR count). The zero-order valence-electron chi connectivity index (χ0n) is 17.0. The first-order valence-corrected chi connectivity index (χ1v) is 11.1. The molecule has 0 N–H and O–H groups in total. The van der Waals surface area contributed by atoms with Crippen LogP contribution in [0.25, 0.3) is 16.8 Å². The Balaban J connectivity index is 2.10. The van der Waals surface area contributed by atoms with E-state index in [0.717, 1.165) is 40.8 Å². The maximum atomic E-state index is 14.0. The van der Waals surface area contributed by atoms with E-state index in [1.807, 2.05) is 0 Å². The third-order valence-electron chi connectivity index (χ3n) is 5.52. The van der Waals surface area contributed by atoms with E-state index in [1.165, 1.54) is 4.57 Å². The van der Waals surface area contributed by atoms with Crippen LogP contribution in [-0.2, 0) is 31.4 Å². The van der Waals surface area contributed by atoms with Gasteiger partial charge in [0.15, 0.2) is 3.95 Å². The summed E-state index contributed by atoms with van der Waals surface area (Å²) >= 11 is 6.42. The molecule has 1 nitrogen and oxygen atoms in total. The predicted molar refractivity (Wildman–Crippen MR) is 112 cm³/mol. The second-order valence-corrected chi connectivity index (χ2v) is 9.50. The van der Waals surface area contributed by atoms with Crippen molar-refractivity contribution in [3.05, 3.63) is 67.6 Å². The molecular weight excluding hydrogens is 513 g/mol. The van der Waals surface area contributed by atoms with E-state index >= 15 is 0 Å². The lowest BCUT2D eigenvalue weighted by Crippen LogP contribution is -2.16. The molecule has 0 saturated carbocycles. The highest BCUT2D eigenvalue weighted by Gasteiger charge is 2.39. The highest BCUT2D eigenvalue weighted by molar-refractivity contribution is 7.73. The number of alkyl halides is 9. The molecule has 0 atom stereocenters. The molecule has 3 aromatic rings. The molecular formula is C22H14F9NS2. The standard InChI is InChI=1S/C22H14F9NS2/c23-20(24,25)12-8-11(9-13(10-12)21(26,27)28)14-4-3-5-15(22(29,30)31)18(14)32-16-6-1-2-7-17(16)34-19(32)33/h3-5,8-10H,1-2,6-7H2. The number of benzene rings is 2. The van der Waals surface area contributed by atoms with Crippen LogP contribution in [0, 0.1) is 3.95 Å². The Hall–Kier alpha value is -2.34. The fraction of sp³-hybridized carbons (Fsp3) is 0.318. The monoisotopic (exact) mass is 527 g/mol. The Morgan fingerprint density at radius 1 is 0.765 bits per heavy atom. The second kappa shape index (κ2) is 8.40. The Bertz CT molecular complexity index is 1260. The highest BCUT2D eigenvalue weighted by atomic mass is 32.1. The van der Waals surface area contributed by atoms with Crippen molar-refractivity contribution < 1.29 is 39.5 Å². The van der Waals surface area contributed by atoms with Gasteiger partial charge in [-0.05, 0) is 67.7 Å². The largest absolute Gasteiger partial charge is 0.418 e. The molecule has 2 aromatic carbocycles. The maximum Gasteiger partial charge on any atom is 0.418 e. The van der Waals surface area contributed by atoms with Gasteiger partial charge in [0.25, 0.3) is 0 Å². The summed E-state index contributed by atoms with van der Waals surface area (Å²) in [4.78, 5) is 0.763. The first kappa shape index (κ1) is 24.8. The Labute approximate surface area is 196 Å². The van der Waals surface area contributed by atoms with Gasteiger partial charge >= 0.3 is 18.5 Å². The summed E-state index contributed by atoms with van der Waals surface area (Å²) in [5, 5.41) is 0. The molecule has 182 valence electrons. The molecule has 1 aliphatic carbocycles. The van der Waals surface area contributed by atoms with E-state index in [4.69, 9.17) is 12.2 Å². The van der Waals surface area contributed by atoms with Gasteiger partial charge in [-0.1, -0.05) is 12.1 Å². The fourth-order valence-corrected chi connectivity index (χ4v) is 5.62. The summed E-state index contributed by atoms with van der Waals surface area (Å²) in [6, 6.07) is 3.57. The van der Waals surface area contributed by atoms with Crippen LogP contribution in [0.3, 0.4) is 0 Å². The van der Waals surface area contributed by atoms with Crippen LogP contribution >= 0.6 is 23.6 Å². The summed E-state index contributed by atoms with van der Waals surface area (Å²) in [6.07, 6.45) is -12.8. The number of thiazole rings is 1. The van der Waals surface area contributed by atoms with Crippen LogP contribution in [0.15, 0.2) is 36.4 Å². The number of fused-ring (bicyclic) bond motifs is 1. The lowest BCUT2D eigenvalue weighted by atomic mass is 9.94. The van der Waals surface area contributed by atoms with Gasteiger partial charge in [0.05, 0.1) is 22.4 Å². The molecule has 1 heterocycles. The fourth-order valence-electron chi connectivity index (χ4n) is 4.05. The first-order valence-electron chi connectivity index (χ1n) is 9.92. The van der Waals surface area contributed by atoms with E-state index in [0.29, 0.717) is 37.1 Å². The van der Waals surface area contributed by atoms with Crippen molar-refractivity contribution in [1.82, 2.24) is 4.57 Å². The molecule has 0 amide bonds. The van der Waals surface area contributed by atoms with Gasteiger partial charge in [0.1, 0.15) is 0 Å². The van der Waals surface area contributed by atoms with E-state index < -0.39 is 52.0 Å². The highest BCUT2D eigenvalue weighted by Crippen LogP contribution is 2.44. The Morgan fingerprint density at radius 2 is 1.35 bits per heavy atom. The van der Waals surface area contributed by atoms with E-state index in [9.17, 15) is 39.5 Å². The van der Waals surface area contributed by atoms with E-state index in [2.05, 4.69) is 0 Å². The van der Waals surface area contributed by atoms with Crippen LogP contribution in [0.4, 0.5) is 39.5 Å². The minimum Gasteiger partial charge on any atom is -0.294 e. The molecule has 1 aromatic heterocycles. The zero-order valence-corrected chi connectivity index (χ0v) is 18.6. The molecule has 12 heteroatoms. The number of aryl methyl sites for hydroxylation is 1. The van der Waals surface area contributed by atoms with Gasteiger partial charge in [-0.3, -0.25) is 4.57 Å².